The highest BCUT2D eigenvalue weighted by Crippen LogP contribution is 2.44. The molecule has 1 aliphatic rings. The number of benzene rings is 3. The highest BCUT2D eigenvalue weighted by Gasteiger charge is 2.29. The number of alkyl carbamates (subject to hydrolysis) is 1. The van der Waals surface area contributed by atoms with Crippen molar-refractivity contribution >= 4 is 12.0 Å². The fraction of sp³-hybridized carbons (Fsp3) is 0.231. The van der Waals surface area contributed by atoms with Crippen LogP contribution >= 0.6 is 0 Å². The van der Waals surface area contributed by atoms with Crippen LogP contribution in [0.1, 0.15) is 45.5 Å². The summed E-state index contributed by atoms with van der Waals surface area (Å²) >= 11 is 0. The summed E-state index contributed by atoms with van der Waals surface area (Å²) < 4.78 is 5.46. The van der Waals surface area contributed by atoms with E-state index < -0.39 is 24.2 Å². The SMILES string of the molecule is NC(=O)c1ccccc1C(O)C(O)CCNC(=O)OCC1c2ccccc2-c2ccccc21. The third-order valence-electron chi connectivity index (χ3n) is 5.96. The second-order valence-corrected chi connectivity index (χ2v) is 8.00. The number of carbonyl (C=O) groups excluding carboxylic acids is 2. The van der Waals surface area contributed by atoms with Crippen LogP contribution in [0.2, 0.25) is 0 Å². The third kappa shape index (κ3) is 4.74. The van der Waals surface area contributed by atoms with Gasteiger partial charge in [-0.1, -0.05) is 66.7 Å². The lowest BCUT2D eigenvalue weighted by Crippen LogP contribution is -2.31. The molecule has 0 spiro atoms. The summed E-state index contributed by atoms with van der Waals surface area (Å²) in [4.78, 5) is 23.8. The number of rotatable bonds is 8. The molecule has 7 nitrogen and oxygen atoms in total. The number of aliphatic hydroxyl groups excluding tert-OH is 2. The van der Waals surface area contributed by atoms with Gasteiger partial charge in [0.25, 0.3) is 0 Å². The van der Waals surface area contributed by atoms with Crippen molar-refractivity contribution in [1.29, 1.82) is 0 Å². The van der Waals surface area contributed by atoms with E-state index in [1.165, 1.54) is 12.1 Å². The normalized spacial score (nSPS) is 14.1. The Kier molecular flexibility index (Phi) is 6.72. The van der Waals surface area contributed by atoms with Crippen LogP contribution in [0.5, 0.6) is 0 Å². The first-order valence-corrected chi connectivity index (χ1v) is 10.8. The van der Waals surface area contributed by atoms with E-state index in [2.05, 4.69) is 17.4 Å². The van der Waals surface area contributed by atoms with Gasteiger partial charge in [0, 0.05) is 18.0 Å². The van der Waals surface area contributed by atoms with Crippen LogP contribution in [-0.4, -0.2) is 41.5 Å². The van der Waals surface area contributed by atoms with Crippen LogP contribution in [-0.2, 0) is 4.74 Å². The molecule has 1 aliphatic carbocycles. The first kappa shape index (κ1) is 22.5. The standard InChI is InChI=1S/C26H26N2O5/c27-25(31)21-12-6-5-11-20(21)24(30)23(29)13-14-28-26(32)33-15-22-18-9-3-1-7-16(18)17-8-2-4-10-19(17)22/h1-12,22-24,29-30H,13-15H2,(H2,27,31)(H,28,32). The molecule has 170 valence electrons. The van der Waals surface area contributed by atoms with Crippen molar-refractivity contribution in [2.75, 3.05) is 13.2 Å². The van der Waals surface area contributed by atoms with Gasteiger partial charge in [0.15, 0.2) is 0 Å². The van der Waals surface area contributed by atoms with Crippen LogP contribution in [0, 0.1) is 0 Å². The third-order valence-corrected chi connectivity index (χ3v) is 5.96. The molecule has 2 unspecified atom stereocenters. The Morgan fingerprint density at radius 3 is 2.12 bits per heavy atom. The zero-order valence-electron chi connectivity index (χ0n) is 18.0. The van der Waals surface area contributed by atoms with E-state index >= 15 is 0 Å². The summed E-state index contributed by atoms with van der Waals surface area (Å²) in [5.74, 6) is -0.727. The van der Waals surface area contributed by atoms with E-state index in [4.69, 9.17) is 10.5 Å². The Bertz CT molecular complexity index is 1120. The Morgan fingerprint density at radius 1 is 0.909 bits per heavy atom. The Hall–Kier alpha value is -3.68. The van der Waals surface area contributed by atoms with Gasteiger partial charge in [-0.15, -0.1) is 0 Å². The summed E-state index contributed by atoms with van der Waals surface area (Å²) in [6.07, 6.45) is -3.04. The zero-order chi connectivity index (χ0) is 23.4. The predicted molar refractivity (Wildman–Crippen MR) is 124 cm³/mol. The Labute approximate surface area is 191 Å². The molecule has 0 aromatic heterocycles. The molecule has 0 bridgehead atoms. The molecule has 3 aromatic carbocycles. The van der Waals surface area contributed by atoms with Crippen LogP contribution in [0.4, 0.5) is 4.79 Å². The average Bonchev–Trinajstić information content (AvgIpc) is 3.16. The van der Waals surface area contributed by atoms with Crippen LogP contribution in [0.3, 0.4) is 0 Å². The zero-order valence-corrected chi connectivity index (χ0v) is 18.0. The number of carbonyl (C=O) groups is 2. The molecule has 0 fully saturated rings. The predicted octanol–water partition coefficient (Wildman–Crippen LogP) is 3.11. The topological polar surface area (TPSA) is 122 Å². The number of primary amides is 1. The molecule has 7 heteroatoms. The molecular formula is C26H26N2O5. The average molecular weight is 447 g/mol. The number of ether oxygens (including phenoxy) is 1. The largest absolute Gasteiger partial charge is 0.449 e. The van der Waals surface area contributed by atoms with Crippen LogP contribution in [0.15, 0.2) is 72.8 Å². The van der Waals surface area contributed by atoms with Gasteiger partial charge in [0.05, 0.1) is 6.10 Å². The number of aliphatic hydroxyl groups is 2. The maximum absolute atomic E-state index is 12.2. The van der Waals surface area contributed by atoms with Crippen LogP contribution in [0.25, 0.3) is 11.1 Å². The fourth-order valence-corrected chi connectivity index (χ4v) is 4.32. The Morgan fingerprint density at radius 2 is 1.48 bits per heavy atom. The van der Waals surface area contributed by atoms with E-state index in [1.807, 2.05) is 36.4 Å². The molecule has 33 heavy (non-hydrogen) atoms. The summed E-state index contributed by atoms with van der Waals surface area (Å²) in [5.41, 5.74) is 10.3. The van der Waals surface area contributed by atoms with Crippen molar-refractivity contribution in [3.05, 3.63) is 95.1 Å². The van der Waals surface area contributed by atoms with Gasteiger partial charge >= 0.3 is 6.09 Å². The molecule has 0 radical (unpaired) electrons. The van der Waals surface area contributed by atoms with Gasteiger partial charge in [0.2, 0.25) is 5.91 Å². The summed E-state index contributed by atoms with van der Waals surface area (Å²) in [5, 5.41) is 23.3. The molecule has 2 amide bonds. The first-order valence-electron chi connectivity index (χ1n) is 10.8. The molecule has 3 aromatic rings. The monoisotopic (exact) mass is 446 g/mol. The van der Waals surface area contributed by atoms with Gasteiger partial charge in [-0.2, -0.15) is 0 Å². The molecule has 0 saturated carbocycles. The van der Waals surface area contributed by atoms with Crippen LogP contribution < -0.4 is 11.1 Å². The highest BCUT2D eigenvalue weighted by molar-refractivity contribution is 5.94. The minimum Gasteiger partial charge on any atom is -0.449 e. The van der Waals surface area contributed by atoms with Gasteiger partial charge in [-0.05, 0) is 40.3 Å². The number of fused-ring (bicyclic) bond motifs is 3. The minimum atomic E-state index is -1.31. The van der Waals surface area contributed by atoms with E-state index in [0.29, 0.717) is 0 Å². The van der Waals surface area contributed by atoms with Crippen molar-refractivity contribution in [3.8, 4) is 11.1 Å². The molecule has 0 heterocycles. The molecule has 2 atom stereocenters. The molecule has 5 N–H and O–H groups in total. The summed E-state index contributed by atoms with van der Waals surface area (Å²) in [6, 6.07) is 22.5. The van der Waals surface area contributed by atoms with Crippen molar-refractivity contribution in [3.63, 3.8) is 0 Å². The van der Waals surface area contributed by atoms with E-state index in [-0.39, 0.29) is 36.6 Å². The minimum absolute atomic E-state index is 0.0409. The number of hydrogen-bond donors (Lipinski definition) is 4. The number of hydrogen-bond acceptors (Lipinski definition) is 5. The molecule has 0 saturated heterocycles. The summed E-state index contributed by atoms with van der Waals surface area (Å²) in [6.45, 7) is 0.282. The highest BCUT2D eigenvalue weighted by atomic mass is 16.5. The first-order chi connectivity index (χ1) is 16.0. The lowest BCUT2D eigenvalue weighted by Gasteiger charge is -2.20. The summed E-state index contributed by atoms with van der Waals surface area (Å²) in [7, 11) is 0. The quantitative estimate of drug-likeness (QED) is 0.424. The molecular weight excluding hydrogens is 420 g/mol. The molecule has 0 aliphatic heterocycles. The second-order valence-electron chi connectivity index (χ2n) is 8.00. The maximum atomic E-state index is 12.2. The number of nitrogens with two attached hydrogens (primary N) is 1. The fourth-order valence-electron chi connectivity index (χ4n) is 4.32. The smallest absolute Gasteiger partial charge is 0.407 e. The second kappa shape index (κ2) is 9.85. The van der Waals surface area contributed by atoms with Gasteiger partial charge in [-0.3, -0.25) is 4.79 Å². The maximum Gasteiger partial charge on any atom is 0.407 e. The van der Waals surface area contributed by atoms with Crippen molar-refractivity contribution in [1.82, 2.24) is 5.32 Å². The lowest BCUT2D eigenvalue weighted by molar-refractivity contribution is 0.0132. The van der Waals surface area contributed by atoms with Gasteiger partial charge < -0.3 is 26.0 Å². The lowest BCUT2D eigenvalue weighted by atomic mass is 9.97. The van der Waals surface area contributed by atoms with Crippen molar-refractivity contribution in [2.45, 2.75) is 24.5 Å². The van der Waals surface area contributed by atoms with E-state index in [9.17, 15) is 19.8 Å². The van der Waals surface area contributed by atoms with Crippen molar-refractivity contribution < 1.29 is 24.5 Å². The Balaban J connectivity index is 1.30. The molecule has 4 rings (SSSR count). The number of nitrogens with one attached hydrogen (secondary N) is 1. The van der Waals surface area contributed by atoms with Crippen molar-refractivity contribution in [2.24, 2.45) is 5.73 Å². The van der Waals surface area contributed by atoms with Gasteiger partial charge in [0.1, 0.15) is 12.7 Å². The van der Waals surface area contributed by atoms with E-state index in [0.717, 1.165) is 22.3 Å². The number of amides is 2. The van der Waals surface area contributed by atoms with E-state index in [1.54, 1.807) is 12.1 Å². The van der Waals surface area contributed by atoms with Gasteiger partial charge in [-0.25, -0.2) is 4.79 Å².